The molecule has 0 radical (unpaired) electrons. The van der Waals surface area contributed by atoms with Crippen molar-refractivity contribution in [1.29, 1.82) is 0 Å². The van der Waals surface area contributed by atoms with Crippen molar-refractivity contribution in [2.45, 2.75) is 162 Å². The lowest BCUT2D eigenvalue weighted by Crippen LogP contribution is -2.19. The minimum absolute atomic E-state index is 0.0985. The van der Waals surface area contributed by atoms with Crippen LogP contribution in [0.25, 0.3) is 0 Å². The lowest BCUT2D eigenvalue weighted by molar-refractivity contribution is 0.342. The third-order valence-corrected chi connectivity index (χ3v) is 12.6. The Morgan fingerprint density at radius 2 is 0.672 bits per heavy atom. The van der Waals surface area contributed by atoms with Gasteiger partial charge >= 0.3 is 0 Å². The van der Waals surface area contributed by atoms with Gasteiger partial charge in [0.05, 0.1) is 6.61 Å². The van der Waals surface area contributed by atoms with Gasteiger partial charge in [-0.05, 0) is 153 Å². The van der Waals surface area contributed by atoms with Crippen LogP contribution < -0.4 is 0 Å². The first-order valence-corrected chi connectivity index (χ1v) is 23.2. The third kappa shape index (κ3) is 20.0. The smallest absolute Gasteiger partial charge is 0.0617 e. The van der Waals surface area contributed by atoms with E-state index < -0.39 is 0 Å². The molecule has 61 heavy (non-hydrogen) atoms. The SMILES string of the molecule is CC1=C(/C=C/C(C)=C/C=C/C(C)=C/C=C/C=C(C)/C=C/C=C(C)/C=C/C2=C(C)CCCC2(C)C)C(C)(C)CCC1.CC1=C(/C=C/C(C)=C/C=C/C(C)=C/CO)C(C)(C)CCC1. The Morgan fingerprint density at radius 3 is 0.951 bits per heavy atom. The highest BCUT2D eigenvalue weighted by molar-refractivity contribution is 5.40. The third-order valence-electron chi connectivity index (χ3n) is 12.6. The molecule has 0 heterocycles. The molecule has 0 unspecified atom stereocenters. The molecule has 0 amide bonds. The molecule has 0 spiro atoms. The largest absolute Gasteiger partial charge is 0.392 e. The van der Waals surface area contributed by atoms with Crippen LogP contribution in [0.5, 0.6) is 0 Å². The second-order valence-electron chi connectivity index (χ2n) is 19.9. The first-order valence-electron chi connectivity index (χ1n) is 23.2. The Hall–Kier alpha value is -4.20. The van der Waals surface area contributed by atoms with Gasteiger partial charge in [0.25, 0.3) is 0 Å². The van der Waals surface area contributed by atoms with Gasteiger partial charge in [-0.15, -0.1) is 0 Å². The molecule has 0 aromatic heterocycles. The normalized spacial score (nSPS) is 21.6. The first kappa shape index (κ1) is 52.9. The Kier molecular flexibility index (Phi) is 22.8. The van der Waals surface area contributed by atoms with Crippen molar-refractivity contribution in [1.82, 2.24) is 0 Å². The van der Waals surface area contributed by atoms with Crippen molar-refractivity contribution >= 4 is 0 Å². The van der Waals surface area contributed by atoms with E-state index in [9.17, 15) is 0 Å². The highest BCUT2D eigenvalue weighted by atomic mass is 16.2. The Morgan fingerprint density at radius 1 is 0.410 bits per heavy atom. The summed E-state index contributed by atoms with van der Waals surface area (Å²) < 4.78 is 0. The van der Waals surface area contributed by atoms with Crippen LogP contribution >= 0.6 is 0 Å². The van der Waals surface area contributed by atoms with Crippen molar-refractivity contribution in [3.63, 3.8) is 0 Å². The Bertz CT molecular complexity index is 1880. The van der Waals surface area contributed by atoms with E-state index in [-0.39, 0.29) is 6.61 Å². The van der Waals surface area contributed by atoms with Gasteiger partial charge in [-0.3, -0.25) is 0 Å². The van der Waals surface area contributed by atoms with Gasteiger partial charge in [0.15, 0.2) is 0 Å². The number of hydrogen-bond donors (Lipinski definition) is 1. The predicted molar refractivity (Wildman–Crippen MR) is 275 cm³/mol. The van der Waals surface area contributed by atoms with Crippen LogP contribution in [0, 0.1) is 16.2 Å². The van der Waals surface area contributed by atoms with Gasteiger partial charge in [0, 0.05) is 0 Å². The van der Waals surface area contributed by atoms with E-state index >= 15 is 0 Å². The van der Waals surface area contributed by atoms with E-state index in [4.69, 9.17) is 5.11 Å². The molecule has 3 aliphatic rings. The van der Waals surface area contributed by atoms with E-state index in [2.05, 4.69) is 200 Å². The number of hydrogen-bond acceptors (Lipinski definition) is 1. The monoisotopic (exact) mass is 823 g/mol. The van der Waals surface area contributed by atoms with Crippen molar-refractivity contribution in [3.05, 3.63) is 188 Å². The van der Waals surface area contributed by atoms with Crippen molar-refractivity contribution < 1.29 is 5.11 Å². The van der Waals surface area contributed by atoms with Gasteiger partial charge < -0.3 is 5.11 Å². The second-order valence-corrected chi connectivity index (χ2v) is 19.9. The van der Waals surface area contributed by atoms with Crippen LogP contribution in [0.4, 0.5) is 0 Å². The van der Waals surface area contributed by atoms with Crippen molar-refractivity contribution in [2.75, 3.05) is 6.61 Å². The summed E-state index contributed by atoms with van der Waals surface area (Å²) >= 11 is 0. The zero-order chi connectivity index (χ0) is 45.6. The standard InChI is InChI=1S/C40H56.C20H30O/c1-31(19-13-21-33(3)25-27-37-35(5)23-15-29-39(37,7)8)17-11-12-18-32(2)20-14-22-34(4)26-28-38-36(6)24-16-30-40(38,9)10;1-16(8-6-9-17(2)13-15-21)11-12-19-18(3)10-7-14-20(19,4)5/h11-14,17-22,25-28H,15-16,23-24,29-30H2,1-10H3;6,8-9,11-13,21H,7,10,14-15H2,1-5H3/b12-11+,19-13+,20-14+,27-25+,28-26+,31-17+,32-18+,33-21+,34-22+;9-6+,12-11+,16-8+,17-13+. The molecule has 1 nitrogen and oxygen atoms in total. The van der Waals surface area contributed by atoms with Crippen LogP contribution in [-0.4, -0.2) is 11.7 Å². The summed E-state index contributed by atoms with van der Waals surface area (Å²) in [6.07, 6.45) is 54.7. The number of allylic oxidation sites excluding steroid dienone is 31. The van der Waals surface area contributed by atoms with Gasteiger partial charge in [0.2, 0.25) is 0 Å². The lowest BCUT2D eigenvalue weighted by atomic mass is 9.72. The van der Waals surface area contributed by atoms with Crippen LogP contribution in [-0.2, 0) is 0 Å². The van der Waals surface area contributed by atoms with Crippen LogP contribution in [0.3, 0.4) is 0 Å². The minimum Gasteiger partial charge on any atom is -0.392 e. The molecule has 0 aromatic carbocycles. The molecule has 1 N–H and O–H groups in total. The average molecular weight is 823 g/mol. The van der Waals surface area contributed by atoms with Crippen LogP contribution in [0.1, 0.15) is 162 Å². The van der Waals surface area contributed by atoms with Gasteiger partial charge in [-0.25, -0.2) is 0 Å². The van der Waals surface area contributed by atoms with Crippen LogP contribution in [0.2, 0.25) is 0 Å². The summed E-state index contributed by atoms with van der Waals surface area (Å²) in [5.74, 6) is 0. The maximum atomic E-state index is 8.81. The molecule has 0 aromatic rings. The minimum atomic E-state index is 0.0985. The molecule has 0 bridgehead atoms. The van der Waals surface area contributed by atoms with Crippen LogP contribution in [0.15, 0.2) is 188 Å². The molecule has 3 rings (SSSR count). The quantitative estimate of drug-likeness (QED) is 0.163. The number of aliphatic hydroxyl groups excluding tert-OH is 1. The molecule has 332 valence electrons. The summed E-state index contributed by atoms with van der Waals surface area (Å²) in [6, 6.07) is 0. The molecular formula is C60H86O. The fourth-order valence-electron chi connectivity index (χ4n) is 8.63. The maximum Gasteiger partial charge on any atom is 0.0617 e. The average Bonchev–Trinajstić information content (AvgIpc) is 3.15. The topological polar surface area (TPSA) is 20.2 Å². The molecule has 3 aliphatic carbocycles. The van der Waals surface area contributed by atoms with E-state index in [1.165, 1.54) is 108 Å². The summed E-state index contributed by atoms with van der Waals surface area (Å²) in [5, 5.41) is 8.81. The van der Waals surface area contributed by atoms with Gasteiger partial charge in [0.1, 0.15) is 0 Å². The Labute approximate surface area is 376 Å². The van der Waals surface area contributed by atoms with E-state index in [0.717, 1.165) is 5.57 Å². The highest BCUT2D eigenvalue weighted by Gasteiger charge is 2.28. The molecule has 1 heteroatoms. The van der Waals surface area contributed by atoms with E-state index in [1.807, 2.05) is 19.1 Å². The molecule has 0 saturated heterocycles. The molecular weight excluding hydrogens is 737 g/mol. The fraction of sp³-hybridized carbons (Fsp3) is 0.467. The maximum absolute atomic E-state index is 8.81. The van der Waals surface area contributed by atoms with Crippen molar-refractivity contribution in [3.8, 4) is 0 Å². The predicted octanol–water partition coefficient (Wildman–Crippen LogP) is 18.1. The first-order chi connectivity index (χ1) is 28.7. The summed E-state index contributed by atoms with van der Waals surface area (Å²) in [4.78, 5) is 0. The second kappa shape index (κ2) is 26.3. The summed E-state index contributed by atoms with van der Waals surface area (Å²) in [7, 11) is 0. The summed E-state index contributed by atoms with van der Waals surface area (Å²) in [6.45, 7) is 33.9. The molecule has 0 aliphatic heterocycles. The van der Waals surface area contributed by atoms with Crippen molar-refractivity contribution in [2.24, 2.45) is 16.2 Å². The zero-order valence-corrected chi connectivity index (χ0v) is 41.6. The number of aliphatic hydroxyl groups is 1. The molecule has 0 atom stereocenters. The Balaban J connectivity index is 0.000000512. The van der Waals surface area contributed by atoms with E-state index in [1.54, 1.807) is 17.2 Å². The zero-order valence-electron chi connectivity index (χ0n) is 41.6. The fourth-order valence-corrected chi connectivity index (χ4v) is 8.63. The number of rotatable bonds is 15. The van der Waals surface area contributed by atoms with Gasteiger partial charge in [-0.1, -0.05) is 213 Å². The summed E-state index contributed by atoms with van der Waals surface area (Å²) in [5.41, 5.74) is 17.4. The van der Waals surface area contributed by atoms with Gasteiger partial charge in [-0.2, -0.15) is 0 Å². The lowest BCUT2D eigenvalue weighted by Gasteiger charge is -2.33. The van der Waals surface area contributed by atoms with E-state index in [0.29, 0.717) is 16.2 Å². The molecule has 0 saturated carbocycles. The highest BCUT2D eigenvalue weighted by Crippen LogP contribution is 2.42. The molecule has 0 fully saturated rings.